The molecule has 8 heteroatoms. The Kier molecular flexibility index (Phi) is 5.56. The van der Waals surface area contributed by atoms with E-state index in [0.29, 0.717) is 18.8 Å². The number of ether oxygens (including phenoxy) is 1. The highest BCUT2D eigenvalue weighted by Gasteiger charge is 2.17. The lowest BCUT2D eigenvalue weighted by atomic mass is 10.2. The van der Waals surface area contributed by atoms with Crippen LogP contribution >= 0.6 is 11.3 Å². The molecular formula is C14H16N4O3S. The summed E-state index contributed by atoms with van der Waals surface area (Å²) in [7, 11) is 1.55. The van der Waals surface area contributed by atoms with Crippen LogP contribution in [0.5, 0.6) is 0 Å². The number of rotatable bonds is 6. The summed E-state index contributed by atoms with van der Waals surface area (Å²) in [5.41, 5.74) is 1.76. The first kappa shape index (κ1) is 16.1. The molecule has 1 aromatic carbocycles. The summed E-state index contributed by atoms with van der Waals surface area (Å²) in [6, 6.07) is 7.38. The summed E-state index contributed by atoms with van der Waals surface area (Å²) in [4.78, 5) is 23.8. The van der Waals surface area contributed by atoms with Crippen molar-refractivity contribution in [3.63, 3.8) is 0 Å². The van der Waals surface area contributed by atoms with Crippen molar-refractivity contribution < 1.29 is 14.3 Å². The van der Waals surface area contributed by atoms with Gasteiger partial charge < -0.3 is 15.4 Å². The molecule has 0 radical (unpaired) electrons. The zero-order chi connectivity index (χ0) is 15.9. The van der Waals surface area contributed by atoms with Crippen molar-refractivity contribution in [2.45, 2.75) is 6.92 Å². The molecule has 2 aromatic rings. The highest BCUT2D eigenvalue weighted by atomic mass is 32.1. The number of nitrogens with one attached hydrogen (secondary N) is 2. The maximum Gasteiger partial charge on any atom is 0.286 e. The van der Waals surface area contributed by atoms with Gasteiger partial charge in [0.05, 0.1) is 6.61 Å². The lowest BCUT2D eigenvalue weighted by Crippen LogP contribution is -2.26. The third kappa shape index (κ3) is 4.34. The number of hydrogen-bond acceptors (Lipinski definition) is 6. The van der Waals surface area contributed by atoms with Gasteiger partial charge in [0, 0.05) is 19.3 Å². The van der Waals surface area contributed by atoms with E-state index in [1.807, 2.05) is 19.1 Å². The molecule has 0 bridgehead atoms. The molecule has 116 valence electrons. The number of nitrogens with zero attached hydrogens (tertiary/aromatic N) is 2. The predicted octanol–water partition coefficient (Wildman–Crippen LogP) is 1.48. The molecule has 0 aliphatic rings. The molecule has 0 saturated heterocycles. The van der Waals surface area contributed by atoms with E-state index in [4.69, 9.17) is 4.74 Å². The van der Waals surface area contributed by atoms with E-state index < -0.39 is 5.91 Å². The molecule has 1 heterocycles. The van der Waals surface area contributed by atoms with E-state index in [1.165, 1.54) is 0 Å². The molecule has 2 rings (SSSR count). The Morgan fingerprint density at radius 2 is 1.77 bits per heavy atom. The van der Waals surface area contributed by atoms with Crippen molar-refractivity contribution in [1.82, 2.24) is 15.5 Å². The Morgan fingerprint density at radius 1 is 1.14 bits per heavy atom. The fourth-order valence-corrected chi connectivity index (χ4v) is 2.23. The number of carbonyl (C=O) groups is 2. The van der Waals surface area contributed by atoms with Gasteiger partial charge in [0.2, 0.25) is 10.0 Å². The first-order chi connectivity index (χ1) is 10.6. The van der Waals surface area contributed by atoms with Crippen LogP contribution in [0.2, 0.25) is 0 Å². The molecule has 2 N–H and O–H groups in total. The summed E-state index contributed by atoms with van der Waals surface area (Å²) >= 11 is 0.942. The quantitative estimate of drug-likeness (QED) is 0.786. The molecule has 0 fully saturated rings. The number of methoxy groups -OCH3 is 1. The number of hydrogen-bond donors (Lipinski definition) is 2. The van der Waals surface area contributed by atoms with Gasteiger partial charge in [-0.3, -0.25) is 9.59 Å². The molecule has 0 saturated carbocycles. The zero-order valence-corrected chi connectivity index (χ0v) is 13.1. The van der Waals surface area contributed by atoms with Crippen LogP contribution in [-0.2, 0) is 4.74 Å². The summed E-state index contributed by atoms with van der Waals surface area (Å²) in [6.07, 6.45) is 0. The van der Waals surface area contributed by atoms with Crippen LogP contribution in [0.4, 0.5) is 5.69 Å². The maximum absolute atomic E-state index is 12.0. The Labute approximate surface area is 131 Å². The number of anilines is 1. The molecule has 22 heavy (non-hydrogen) atoms. The van der Waals surface area contributed by atoms with Crippen molar-refractivity contribution >= 4 is 28.8 Å². The molecule has 2 amide bonds. The van der Waals surface area contributed by atoms with Crippen LogP contribution in [-0.4, -0.2) is 42.3 Å². The smallest absolute Gasteiger partial charge is 0.286 e. The van der Waals surface area contributed by atoms with Gasteiger partial charge in [-0.1, -0.05) is 29.0 Å². The summed E-state index contributed by atoms with van der Waals surface area (Å²) < 4.78 is 4.83. The second-order valence-corrected chi connectivity index (χ2v) is 5.46. The van der Waals surface area contributed by atoms with E-state index in [1.54, 1.807) is 19.2 Å². The number of aromatic nitrogens is 2. The van der Waals surface area contributed by atoms with Crippen molar-refractivity contribution in [3.05, 3.63) is 39.8 Å². The number of carbonyl (C=O) groups excluding carboxylic acids is 2. The van der Waals surface area contributed by atoms with Crippen LogP contribution in [0.25, 0.3) is 0 Å². The molecule has 0 aliphatic carbocycles. The minimum Gasteiger partial charge on any atom is -0.383 e. The molecular weight excluding hydrogens is 304 g/mol. The average molecular weight is 320 g/mol. The SMILES string of the molecule is COCCNC(=O)c1nnc(C(=O)Nc2ccc(C)cc2)s1. The Hall–Kier alpha value is -2.32. The minimum absolute atomic E-state index is 0.137. The van der Waals surface area contributed by atoms with Crippen LogP contribution in [0.3, 0.4) is 0 Å². The van der Waals surface area contributed by atoms with Crippen molar-refractivity contribution in [1.29, 1.82) is 0 Å². The fourth-order valence-electron chi connectivity index (χ4n) is 1.57. The Bertz CT molecular complexity index is 654. The fraction of sp³-hybridized carbons (Fsp3) is 0.286. The summed E-state index contributed by atoms with van der Waals surface area (Å²) in [5, 5.41) is 13.1. The molecule has 0 unspecified atom stereocenters. The largest absolute Gasteiger partial charge is 0.383 e. The average Bonchev–Trinajstić information content (AvgIpc) is 3.00. The number of amides is 2. The van der Waals surface area contributed by atoms with Crippen molar-refractivity contribution in [3.8, 4) is 0 Å². The third-order valence-electron chi connectivity index (χ3n) is 2.71. The second-order valence-electron chi connectivity index (χ2n) is 4.48. The highest BCUT2D eigenvalue weighted by Crippen LogP contribution is 2.14. The Balaban J connectivity index is 1.96. The number of aryl methyl sites for hydroxylation is 1. The lowest BCUT2D eigenvalue weighted by Gasteiger charge is -2.02. The molecule has 0 spiro atoms. The van der Waals surface area contributed by atoms with Crippen LogP contribution in [0.15, 0.2) is 24.3 Å². The Morgan fingerprint density at radius 3 is 2.41 bits per heavy atom. The first-order valence-corrected chi connectivity index (χ1v) is 7.40. The lowest BCUT2D eigenvalue weighted by molar-refractivity contribution is 0.0935. The van der Waals surface area contributed by atoms with Gasteiger partial charge >= 0.3 is 0 Å². The first-order valence-electron chi connectivity index (χ1n) is 6.59. The summed E-state index contributed by atoms with van der Waals surface area (Å²) in [6.45, 7) is 2.75. The molecule has 0 aliphatic heterocycles. The van der Waals surface area contributed by atoms with Crippen LogP contribution < -0.4 is 10.6 Å². The molecule has 0 atom stereocenters. The van der Waals surface area contributed by atoms with E-state index >= 15 is 0 Å². The van der Waals surface area contributed by atoms with E-state index in [9.17, 15) is 9.59 Å². The molecule has 1 aromatic heterocycles. The van der Waals surface area contributed by atoms with Crippen LogP contribution in [0.1, 0.15) is 25.2 Å². The van der Waals surface area contributed by atoms with Gasteiger partial charge in [0.1, 0.15) is 0 Å². The standard InChI is InChI=1S/C14H16N4O3S/c1-9-3-5-10(6-4-9)16-12(20)14-18-17-13(22-14)11(19)15-7-8-21-2/h3-6H,7-8H2,1-2H3,(H,15,19)(H,16,20). The van der Waals surface area contributed by atoms with Gasteiger partial charge in [-0.25, -0.2) is 0 Å². The van der Waals surface area contributed by atoms with Gasteiger partial charge in [-0.05, 0) is 19.1 Å². The normalized spacial score (nSPS) is 10.3. The zero-order valence-electron chi connectivity index (χ0n) is 12.3. The monoisotopic (exact) mass is 320 g/mol. The van der Waals surface area contributed by atoms with Gasteiger partial charge in [0.25, 0.3) is 11.8 Å². The van der Waals surface area contributed by atoms with E-state index in [0.717, 1.165) is 16.9 Å². The van der Waals surface area contributed by atoms with Gasteiger partial charge in [-0.2, -0.15) is 0 Å². The van der Waals surface area contributed by atoms with Gasteiger partial charge in [-0.15, -0.1) is 10.2 Å². The maximum atomic E-state index is 12.0. The summed E-state index contributed by atoms with van der Waals surface area (Å²) in [5.74, 6) is -0.763. The second kappa shape index (κ2) is 7.62. The minimum atomic E-state index is -0.391. The van der Waals surface area contributed by atoms with Gasteiger partial charge in [0.15, 0.2) is 0 Å². The predicted molar refractivity (Wildman–Crippen MR) is 83.3 cm³/mol. The van der Waals surface area contributed by atoms with Crippen LogP contribution in [0, 0.1) is 6.92 Å². The highest BCUT2D eigenvalue weighted by molar-refractivity contribution is 7.15. The topological polar surface area (TPSA) is 93.2 Å². The van der Waals surface area contributed by atoms with E-state index in [-0.39, 0.29) is 15.9 Å². The van der Waals surface area contributed by atoms with Crippen molar-refractivity contribution in [2.75, 3.05) is 25.6 Å². The van der Waals surface area contributed by atoms with Crippen molar-refractivity contribution in [2.24, 2.45) is 0 Å². The number of benzene rings is 1. The third-order valence-corrected chi connectivity index (χ3v) is 3.64. The molecule has 7 nitrogen and oxygen atoms in total. The van der Waals surface area contributed by atoms with E-state index in [2.05, 4.69) is 20.8 Å².